The molecule has 0 spiro atoms. The van der Waals surface area contributed by atoms with E-state index in [-0.39, 0.29) is 11.7 Å². The minimum absolute atomic E-state index is 0.0662. The lowest BCUT2D eigenvalue weighted by molar-refractivity contribution is -0.128. The number of carbonyl (C=O) groups excluding carboxylic acids is 1. The number of hydrogen-bond donors (Lipinski definition) is 1. The predicted octanol–water partition coefficient (Wildman–Crippen LogP) is -0.138. The first-order valence-corrected chi connectivity index (χ1v) is 7.88. The molecule has 0 aromatic rings. The predicted molar refractivity (Wildman–Crippen MR) is 61.5 cm³/mol. The molecule has 0 bridgehead atoms. The second kappa shape index (κ2) is 4.76. The quantitative estimate of drug-likeness (QED) is 0.698. The van der Waals surface area contributed by atoms with Gasteiger partial charge in [0.2, 0.25) is 5.91 Å². The molecular weight excluding hydrogens is 242 g/mol. The Morgan fingerprint density at radius 1 is 1.64 bits per heavy atom. The van der Waals surface area contributed by atoms with Gasteiger partial charge in [-0.05, 0) is 0 Å². The van der Waals surface area contributed by atoms with E-state index >= 15 is 0 Å². The summed E-state index contributed by atoms with van der Waals surface area (Å²) in [6.45, 7) is 0.502. The number of hydrogen-bond acceptors (Lipinski definition) is 5. The van der Waals surface area contributed by atoms with Gasteiger partial charge in [0.15, 0.2) is 9.84 Å². The summed E-state index contributed by atoms with van der Waals surface area (Å²) in [6, 6.07) is 0. The van der Waals surface area contributed by atoms with Gasteiger partial charge in [-0.25, -0.2) is 8.42 Å². The van der Waals surface area contributed by atoms with Crippen LogP contribution in [0.3, 0.4) is 0 Å². The topological polar surface area (TPSA) is 54.5 Å². The molecule has 1 saturated heterocycles. The molecule has 0 aliphatic carbocycles. The highest BCUT2D eigenvalue weighted by Crippen LogP contribution is 2.20. The fourth-order valence-corrected chi connectivity index (χ4v) is 4.33. The average molecular weight is 255 g/mol. The van der Waals surface area contributed by atoms with Gasteiger partial charge in [0.05, 0.1) is 5.75 Å². The Hall–Kier alpha value is 0.120. The molecule has 14 heavy (non-hydrogen) atoms. The van der Waals surface area contributed by atoms with E-state index in [0.717, 1.165) is 5.75 Å². The molecule has 82 valence electrons. The smallest absolute Gasteiger partial charge is 0.233 e. The molecule has 1 fully saturated rings. The highest BCUT2D eigenvalue weighted by molar-refractivity contribution is 8.00. The van der Waals surface area contributed by atoms with Crippen LogP contribution in [0, 0.1) is 0 Å². The van der Waals surface area contributed by atoms with Crippen molar-refractivity contribution in [3.63, 3.8) is 0 Å². The summed E-state index contributed by atoms with van der Waals surface area (Å²) in [6.07, 6.45) is 1.17. The van der Waals surface area contributed by atoms with Crippen LogP contribution in [0.2, 0.25) is 0 Å². The molecule has 1 atom stereocenters. The Bertz CT molecular complexity index is 314. The third kappa shape index (κ3) is 2.80. The molecular formula is C7H13NO3S3. The lowest BCUT2D eigenvalue weighted by atomic mass is 10.4. The van der Waals surface area contributed by atoms with Crippen LogP contribution in [-0.4, -0.2) is 54.7 Å². The molecule has 1 aliphatic heterocycles. The van der Waals surface area contributed by atoms with E-state index in [1.54, 1.807) is 11.8 Å². The zero-order chi connectivity index (χ0) is 10.8. The van der Waals surface area contributed by atoms with E-state index in [2.05, 4.69) is 12.6 Å². The average Bonchev–Trinajstić information content (AvgIpc) is 2.15. The van der Waals surface area contributed by atoms with Gasteiger partial charge in [-0.3, -0.25) is 4.79 Å². The molecule has 1 amide bonds. The summed E-state index contributed by atoms with van der Waals surface area (Å²) < 4.78 is 22.8. The van der Waals surface area contributed by atoms with Crippen LogP contribution in [0.25, 0.3) is 0 Å². The molecule has 1 unspecified atom stereocenters. The van der Waals surface area contributed by atoms with Crippen LogP contribution in [0.5, 0.6) is 0 Å². The van der Waals surface area contributed by atoms with Crippen molar-refractivity contribution in [1.29, 1.82) is 0 Å². The first-order valence-electron chi connectivity index (χ1n) is 4.13. The summed E-state index contributed by atoms with van der Waals surface area (Å²) in [4.78, 5) is 12.8. The molecule has 0 N–H and O–H groups in total. The monoisotopic (exact) mass is 255 g/mol. The van der Waals surface area contributed by atoms with Gasteiger partial charge in [-0.1, -0.05) is 0 Å². The number of nitrogens with zero attached hydrogens (tertiary/aromatic N) is 1. The van der Waals surface area contributed by atoms with Crippen molar-refractivity contribution < 1.29 is 13.2 Å². The van der Waals surface area contributed by atoms with Crippen LogP contribution in [0.15, 0.2) is 0 Å². The normalized spacial score (nSPS) is 23.6. The minimum Gasteiger partial charge on any atom is -0.323 e. The molecule has 7 heteroatoms. The highest BCUT2D eigenvalue weighted by atomic mass is 32.2. The van der Waals surface area contributed by atoms with Crippen molar-refractivity contribution in [3.05, 3.63) is 0 Å². The first kappa shape index (κ1) is 12.2. The number of amides is 1. The van der Waals surface area contributed by atoms with Gasteiger partial charge < -0.3 is 4.90 Å². The van der Waals surface area contributed by atoms with Crippen LogP contribution >= 0.6 is 24.4 Å². The largest absolute Gasteiger partial charge is 0.323 e. The van der Waals surface area contributed by atoms with E-state index in [4.69, 9.17) is 0 Å². The third-order valence-electron chi connectivity index (χ3n) is 2.03. The Kier molecular flexibility index (Phi) is 4.15. The summed E-state index contributed by atoms with van der Waals surface area (Å²) in [7, 11) is -3.18. The summed E-state index contributed by atoms with van der Waals surface area (Å²) >= 11 is 5.43. The van der Waals surface area contributed by atoms with Crippen LogP contribution in [0.1, 0.15) is 0 Å². The SMILES string of the molecule is CS(=O)(=O)C1CSCCN1C(=O)CS. The lowest BCUT2D eigenvalue weighted by Gasteiger charge is -2.33. The van der Waals surface area contributed by atoms with Crippen molar-refractivity contribution in [3.8, 4) is 0 Å². The molecule has 1 rings (SSSR count). The van der Waals surface area contributed by atoms with Gasteiger partial charge in [-0.2, -0.15) is 24.4 Å². The van der Waals surface area contributed by atoms with Gasteiger partial charge >= 0.3 is 0 Å². The zero-order valence-electron chi connectivity index (χ0n) is 7.84. The van der Waals surface area contributed by atoms with E-state index in [1.807, 2.05) is 0 Å². The Morgan fingerprint density at radius 3 is 2.79 bits per heavy atom. The van der Waals surface area contributed by atoms with Gasteiger partial charge in [0.25, 0.3) is 0 Å². The number of rotatable bonds is 2. The van der Waals surface area contributed by atoms with Gasteiger partial charge in [-0.15, -0.1) is 0 Å². The van der Waals surface area contributed by atoms with Crippen molar-refractivity contribution in [1.82, 2.24) is 4.90 Å². The maximum Gasteiger partial charge on any atom is 0.233 e. The molecule has 1 aliphatic rings. The van der Waals surface area contributed by atoms with E-state index < -0.39 is 15.2 Å². The lowest BCUT2D eigenvalue weighted by Crippen LogP contribution is -2.50. The van der Waals surface area contributed by atoms with E-state index in [0.29, 0.717) is 12.3 Å². The Labute approximate surface area is 93.7 Å². The van der Waals surface area contributed by atoms with Crippen molar-refractivity contribution in [2.75, 3.05) is 30.1 Å². The molecule has 0 radical (unpaired) electrons. The number of carbonyl (C=O) groups is 1. The molecule has 0 aromatic carbocycles. The Morgan fingerprint density at radius 2 is 2.29 bits per heavy atom. The number of thiol groups is 1. The van der Waals surface area contributed by atoms with Gasteiger partial charge in [0.1, 0.15) is 5.37 Å². The second-order valence-corrected chi connectivity index (χ2v) is 6.77. The van der Waals surface area contributed by atoms with Crippen LogP contribution < -0.4 is 0 Å². The third-order valence-corrected chi connectivity index (χ3v) is 4.95. The standard InChI is InChI=1S/C7H13NO3S3/c1-14(10,11)7-5-13-3-2-8(7)6(9)4-12/h7,12H,2-5H2,1H3. The first-order chi connectivity index (χ1) is 6.46. The van der Waals surface area contributed by atoms with Crippen molar-refractivity contribution >= 4 is 40.1 Å². The summed E-state index contributed by atoms with van der Waals surface area (Å²) in [5.41, 5.74) is 0. The Balaban J connectivity index is 2.85. The van der Waals surface area contributed by atoms with Crippen molar-refractivity contribution in [2.45, 2.75) is 5.37 Å². The fourth-order valence-electron chi connectivity index (χ4n) is 1.31. The molecule has 0 saturated carbocycles. The van der Waals surface area contributed by atoms with E-state index in [1.165, 1.54) is 11.2 Å². The maximum atomic E-state index is 11.4. The fraction of sp³-hybridized carbons (Fsp3) is 0.857. The highest BCUT2D eigenvalue weighted by Gasteiger charge is 2.33. The molecule has 0 aromatic heterocycles. The zero-order valence-corrected chi connectivity index (χ0v) is 10.4. The number of thioether (sulfide) groups is 1. The number of sulfone groups is 1. The minimum atomic E-state index is -3.18. The van der Waals surface area contributed by atoms with E-state index in [9.17, 15) is 13.2 Å². The summed E-state index contributed by atoms with van der Waals surface area (Å²) in [5.74, 6) is 1.13. The molecule has 4 nitrogen and oxygen atoms in total. The molecule has 1 heterocycles. The van der Waals surface area contributed by atoms with Crippen molar-refractivity contribution in [2.24, 2.45) is 0 Å². The van der Waals surface area contributed by atoms with Gasteiger partial charge in [0, 0.05) is 24.3 Å². The van der Waals surface area contributed by atoms with Crippen LogP contribution in [0.4, 0.5) is 0 Å². The maximum absolute atomic E-state index is 11.4. The summed E-state index contributed by atoms with van der Waals surface area (Å²) in [5, 5.41) is -0.666. The van der Waals surface area contributed by atoms with Crippen LogP contribution in [-0.2, 0) is 14.6 Å². The second-order valence-electron chi connectivity index (χ2n) is 3.10.